The van der Waals surface area contributed by atoms with Crippen molar-refractivity contribution in [2.75, 3.05) is 32.8 Å². The molecule has 0 radical (unpaired) electrons. The summed E-state index contributed by atoms with van der Waals surface area (Å²) in [6.07, 6.45) is 9.36. The highest BCUT2D eigenvalue weighted by Crippen LogP contribution is 2.42. The number of rotatable bonds is 5. The van der Waals surface area contributed by atoms with Gasteiger partial charge in [-0.15, -0.1) is 11.3 Å². The lowest BCUT2D eigenvalue weighted by atomic mass is 9.78. The smallest absolute Gasteiger partial charge is 0.0926 e. The van der Waals surface area contributed by atoms with E-state index in [-0.39, 0.29) is 5.54 Å². The summed E-state index contributed by atoms with van der Waals surface area (Å²) in [7, 11) is 0. The number of nitrogens with one attached hydrogen (secondary N) is 1. The zero-order valence-corrected chi connectivity index (χ0v) is 17.8. The molecule has 3 aliphatic heterocycles. The standard InChI is InChI=1S/C22H32N4OS/c1-2-10-26-11-7-18-21(24-16-23-18)22(26)8-12-25(13-9-22)15-17-5-6-20(28-17)19-4-3-14-27-19/h5-6,16,19H,2-4,7-15H2,1H3,(H,23,24). The number of thiophene rings is 1. The van der Waals surface area contributed by atoms with Gasteiger partial charge in [0.15, 0.2) is 0 Å². The number of imidazole rings is 1. The van der Waals surface area contributed by atoms with Crippen molar-refractivity contribution in [3.05, 3.63) is 39.6 Å². The first-order valence-corrected chi connectivity index (χ1v) is 11.8. The van der Waals surface area contributed by atoms with Gasteiger partial charge < -0.3 is 9.72 Å². The predicted molar refractivity (Wildman–Crippen MR) is 113 cm³/mol. The second-order valence-electron chi connectivity index (χ2n) is 8.58. The maximum Gasteiger partial charge on any atom is 0.0926 e. The van der Waals surface area contributed by atoms with Crippen LogP contribution in [0, 0.1) is 0 Å². The molecule has 5 heterocycles. The number of piperidine rings is 1. The van der Waals surface area contributed by atoms with Crippen molar-refractivity contribution in [1.82, 2.24) is 19.8 Å². The molecule has 28 heavy (non-hydrogen) atoms. The third kappa shape index (κ3) is 3.34. The Morgan fingerprint density at radius 1 is 1.29 bits per heavy atom. The molecule has 2 aromatic heterocycles. The number of H-pyrrole nitrogens is 1. The van der Waals surface area contributed by atoms with Crippen LogP contribution in [0.15, 0.2) is 18.5 Å². The monoisotopic (exact) mass is 400 g/mol. The Kier molecular flexibility index (Phi) is 5.30. The van der Waals surface area contributed by atoms with E-state index in [2.05, 4.69) is 33.8 Å². The van der Waals surface area contributed by atoms with Gasteiger partial charge in [-0.1, -0.05) is 6.92 Å². The summed E-state index contributed by atoms with van der Waals surface area (Å²) in [4.78, 5) is 16.5. The van der Waals surface area contributed by atoms with Crippen LogP contribution in [0.5, 0.6) is 0 Å². The fraction of sp³-hybridized carbons (Fsp3) is 0.682. The maximum absolute atomic E-state index is 5.86. The van der Waals surface area contributed by atoms with Crippen molar-refractivity contribution < 1.29 is 4.74 Å². The number of fused-ring (bicyclic) bond motifs is 2. The first-order chi connectivity index (χ1) is 13.8. The number of hydrogen-bond acceptors (Lipinski definition) is 5. The summed E-state index contributed by atoms with van der Waals surface area (Å²) < 4.78 is 5.86. The van der Waals surface area contributed by atoms with E-state index in [1.165, 1.54) is 66.3 Å². The second kappa shape index (κ2) is 7.90. The van der Waals surface area contributed by atoms with Gasteiger partial charge in [0.05, 0.1) is 23.7 Å². The van der Waals surface area contributed by atoms with Gasteiger partial charge >= 0.3 is 0 Å². The third-order valence-electron chi connectivity index (χ3n) is 6.88. The normalized spacial score (nSPS) is 25.4. The SMILES string of the molecule is CCCN1CCc2[nH]cnc2C12CCN(Cc1ccc(C3CCCO3)s1)CC2. The van der Waals surface area contributed by atoms with E-state index in [0.717, 1.165) is 32.7 Å². The average Bonchev–Trinajstić information content (AvgIpc) is 3.47. The van der Waals surface area contributed by atoms with Crippen LogP contribution in [-0.2, 0) is 23.2 Å². The highest BCUT2D eigenvalue weighted by Gasteiger charge is 2.46. The molecule has 1 atom stereocenters. The Morgan fingerprint density at radius 3 is 2.96 bits per heavy atom. The highest BCUT2D eigenvalue weighted by atomic mass is 32.1. The summed E-state index contributed by atoms with van der Waals surface area (Å²) in [5, 5.41) is 0. The predicted octanol–water partition coefficient (Wildman–Crippen LogP) is 4.08. The zero-order chi connectivity index (χ0) is 19.0. The molecule has 1 N–H and O–H groups in total. The topological polar surface area (TPSA) is 44.4 Å². The van der Waals surface area contributed by atoms with Crippen molar-refractivity contribution in [3.63, 3.8) is 0 Å². The Hall–Kier alpha value is -1.21. The van der Waals surface area contributed by atoms with Crippen LogP contribution in [0.3, 0.4) is 0 Å². The van der Waals surface area contributed by atoms with Crippen molar-refractivity contribution >= 4 is 11.3 Å². The zero-order valence-electron chi connectivity index (χ0n) is 17.0. The molecule has 5 rings (SSSR count). The Morgan fingerprint density at radius 2 is 2.18 bits per heavy atom. The third-order valence-corrected chi connectivity index (χ3v) is 8.04. The van der Waals surface area contributed by atoms with Crippen molar-refractivity contribution in [2.24, 2.45) is 0 Å². The Labute approximate surface area is 172 Å². The Balaban J connectivity index is 1.27. The fourth-order valence-electron chi connectivity index (χ4n) is 5.43. The summed E-state index contributed by atoms with van der Waals surface area (Å²) in [5.74, 6) is 0. The molecule has 2 fully saturated rings. The highest BCUT2D eigenvalue weighted by molar-refractivity contribution is 7.12. The minimum Gasteiger partial charge on any atom is -0.373 e. The minimum atomic E-state index is 0.151. The molecule has 5 nitrogen and oxygen atoms in total. The average molecular weight is 401 g/mol. The molecule has 2 saturated heterocycles. The van der Waals surface area contributed by atoms with E-state index < -0.39 is 0 Å². The van der Waals surface area contributed by atoms with Crippen molar-refractivity contribution in [2.45, 2.75) is 63.6 Å². The molecule has 0 amide bonds. The molecule has 2 aromatic rings. The number of likely N-dealkylation sites (tertiary alicyclic amines) is 1. The Bertz CT molecular complexity index is 786. The maximum atomic E-state index is 5.86. The van der Waals surface area contributed by atoms with Crippen LogP contribution >= 0.6 is 11.3 Å². The molecule has 1 unspecified atom stereocenters. The molecule has 152 valence electrons. The van der Waals surface area contributed by atoms with Crippen LogP contribution in [0.25, 0.3) is 0 Å². The van der Waals surface area contributed by atoms with Gasteiger partial charge in [0, 0.05) is 54.7 Å². The molecule has 0 aromatic carbocycles. The molecule has 6 heteroatoms. The molecule has 0 saturated carbocycles. The summed E-state index contributed by atoms with van der Waals surface area (Å²) in [6, 6.07) is 4.61. The van der Waals surface area contributed by atoms with E-state index >= 15 is 0 Å². The quantitative estimate of drug-likeness (QED) is 0.821. The first-order valence-electron chi connectivity index (χ1n) is 11.0. The van der Waals surface area contributed by atoms with Crippen LogP contribution < -0.4 is 0 Å². The molecular formula is C22H32N4OS. The van der Waals surface area contributed by atoms with Crippen LogP contribution in [0.1, 0.15) is 66.3 Å². The van der Waals surface area contributed by atoms with Gasteiger partial charge in [-0.05, 0) is 50.8 Å². The molecular weight excluding hydrogens is 368 g/mol. The molecule has 0 bridgehead atoms. The largest absolute Gasteiger partial charge is 0.373 e. The lowest BCUT2D eigenvalue weighted by Gasteiger charge is -2.50. The summed E-state index contributed by atoms with van der Waals surface area (Å²) in [6.45, 7) is 8.95. The lowest BCUT2D eigenvalue weighted by molar-refractivity contribution is 0.00376. The van der Waals surface area contributed by atoms with E-state index in [0.29, 0.717) is 6.10 Å². The van der Waals surface area contributed by atoms with Gasteiger partial charge in [0.2, 0.25) is 0 Å². The minimum absolute atomic E-state index is 0.151. The van der Waals surface area contributed by atoms with Gasteiger partial charge in [0.1, 0.15) is 0 Å². The van der Waals surface area contributed by atoms with Gasteiger partial charge in [0.25, 0.3) is 0 Å². The van der Waals surface area contributed by atoms with E-state index in [9.17, 15) is 0 Å². The number of ether oxygens (including phenoxy) is 1. The van der Waals surface area contributed by atoms with Gasteiger partial charge in [-0.25, -0.2) is 4.98 Å². The van der Waals surface area contributed by atoms with E-state index in [4.69, 9.17) is 9.72 Å². The van der Waals surface area contributed by atoms with Crippen molar-refractivity contribution in [1.29, 1.82) is 0 Å². The van der Waals surface area contributed by atoms with Crippen LogP contribution in [0.4, 0.5) is 0 Å². The lowest BCUT2D eigenvalue weighted by Crippen LogP contribution is -2.56. The van der Waals surface area contributed by atoms with Gasteiger partial charge in [-0.3, -0.25) is 9.80 Å². The molecule has 3 aliphatic rings. The second-order valence-corrected chi connectivity index (χ2v) is 9.78. The van der Waals surface area contributed by atoms with E-state index in [1.807, 2.05) is 17.7 Å². The number of aromatic nitrogens is 2. The summed E-state index contributed by atoms with van der Waals surface area (Å²) in [5.41, 5.74) is 2.86. The fourth-order valence-corrected chi connectivity index (χ4v) is 6.57. The van der Waals surface area contributed by atoms with E-state index in [1.54, 1.807) is 0 Å². The van der Waals surface area contributed by atoms with Gasteiger partial charge in [-0.2, -0.15) is 0 Å². The number of nitrogens with zero attached hydrogens (tertiary/aromatic N) is 3. The molecule has 1 spiro atoms. The van der Waals surface area contributed by atoms with Crippen LogP contribution in [-0.4, -0.2) is 52.6 Å². The first kappa shape index (κ1) is 18.8. The molecule has 0 aliphatic carbocycles. The van der Waals surface area contributed by atoms with Crippen LogP contribution in [0.2, 0.25) is 0 Å². The summed E-state index contributed by atoms with van der Waals surface area (Å²) >= 11 is 1.96. The number of hydrogen-bond donors (Lipinski definition) is 1. The number of aromatic amines is 1. The van der Waals surface area contributed by atoms with Crippen molar-refractivity contribution in [3.8, 4) is 0 Å².